The average Bonchev–Trinajstić information content (AvgIpc) is 2.60. The van der Waals surface area contributed by atoms with Gasteiger partial charge in [-0.3, -0.25) is 0 Å². The molecular formula is C11H17NO2. The fraction of sp³-hybridized carbons (Fsp3) is 0.909. The van der Waals surface area contributed by atoms with Crippen molar-refractivity contribution in [1.82, 2.24) is 0 Å². The van der Waals surface area contributed by atoms with E-state index in [-0.39, 0.29) is 18.3 Å². The third kappa shape index (κ3) is 1.77. The Kier molecular flexibility index (Phi) is 3.05. The van der Waals surface area contributed by atoms with Crippen molar-refractivity contribution in [3.8, 4) is 6.07 Å². The molecule has 3 heteroatoms. The van der Waals surface area contributed by atoms with Gasteiger partial charge in [-0.15, -0.1) is 0 Å². The topological polar surface area (TPSA) is 42.2 Å². The second kappa shape index (κ2) is 4.29. The molecule has 1 saturated heterocycles. The van der Waals surface area contributed by atoms with Crippen LogP contribution in [0.3, 0.4) is 0 Å². The van der Waals surface area contributed by atoms with Gasteiger partial charge in [-0.1, -0.05) is 0 Å². The molecular weight excluding hydrogens is 178 g/mol. The first-order valence-corrected chi connectivity index (χ1v) is 5.51. The molecule has 2 rings (SSSR count). The van der Waals surface area contributed by atoms with Crippen LogP contribution in [0.4, 0.5) is 0 Å². The molecule has 1 aliphatic heterocycles. The molecule has 78 valence electrons. The summed E-state index contributed by atoms with van der Waals surface area (Å²) in [5.41, 5.74) is 0. The Bertz CT molecular complexity index is 236. The smallest absolute Gasteiger partial charge is 0.158 e. The van der Waals surface area contributed by atoms with Gasteiger partial charge in [0, 0.05) is 18.9 Å². The van der Waals surface area contributed by atoms with Crippen molar-refractivity contribution in [2.45, 2.75) is 45.0 Å². The first-order valence-electron chi connectivity index (χ1n) is 5.51. The van der Waals surface area contributed by atoms with Crippen LogP contribution in [-0.4, -0.2) is 19.0 Å². The first-order chi connectivity index (χ1) is 6.85. The molecule has 3 nitrogen and oxygen atoms in total. The lowest BCUT2D eigenvalue weighted by molar-refractivity contribution is -0.134. The maximum absolute atomic E-state index is 9.01. The Morgan fingerprint density at radius 1 is 1.50 bits per heavy atom. The van der Waals surface area contributed by atoms with Gasteiger partial charge >= 0.3 is 0 Å². The molecule has 0 bridgehead atoms. The Morgan fingerprint density at radius 2 is 2.36 bits per heavy atom. The minimum atomic E-state index is -0.0519. The van der Waals surface area contributed by atoms with Crippen LogP contribution in [-0.2, 0) is 9.47 Å². The standard InChI is InChI=1S/C11H17NO2/c1-2-13-11-6-9-8(7-12)4-3-5-10(9)14-11/h8-11H,2-6H2,1H3. The summed E-state index contributed by atoms with van der Waals surface area (Å²) in [6, 6.07) is 2.40. The van der Waals surface area contributed by atoms with Crippen LogP contribution in [0.25, 0.3) is 0 Å². The molecule has 14 heavy (non-hydrogen) atoms. The highest BCUT2D eigenvalue weighted by Crippen LogP contribution is 2.41. The van der Waals surface area contributed by atoms with Crippen LogP contribution in [0.1, 0.15) is 32.6 Å². The normalized spacial score (nSPS) is 41.7. The van der Waals surface area contributed by atoms with Crippen molar-refractivity contribution < 1.29 is 9.47 Å². The third-order valence-electron chi connectivity index (χ3n) is 3.31. The maximum Gasteiger partial charge on any atom is 0.158 e. The number of ether oxygens (including phenoxy) is 2. The molecule has 2 fully saturated rings. The molecule has 1 aliphatic carbocycles. The Labute approximate surface area is 85.0 Å². The van der Waals surface area contributed by atoms with E-state index in [9.17, 15) is 0 Å². The average molecular weight is 195 g/mol. The zero-order chi connectivity index (χ0) is 9.97. The summed E-state index contributed by atoms with van der Waals surface area (Å²) in [5.74, 6) is 0.615. The zero-order valence-corrected chi connectivity index (χ0v) is 8.61. The van der Waals surface area contributed by atoms with E-state index in [1.54, 1.807) is 0 Å². The van der Waals surface area contributed by atoms with Gasteiger partial charge in [-0.2, -0.15) is 5.26 Å². The Morgan fingerprint density at radius 3 is 3.07 bits per heavy atom. The number of nitriles is 1. The SMILES string of the molecule is CCOC1CC2C(C#N)CCCC2O1. The summed E-state index contributed by atoms with van der Waals surface area (Å²) in [4.78, 5) is 0. The second-order valence-electron chi connectivity index (χ2n) is 4.13. The summed E-state index contributed by atoms with van der Waals surface area (Å²) in [6.45, 7) is 2.68. The van der Waals surface area contributed by atoms with Crippen molar-refractivity contribution in [3.05, 3.63) is 0 Å². The van der Waals surface area contributed by atoms with Gasteiger partial charge in [-0.05, 0) is 26.2 Å². The Balaban J connectivity index is 1.97. The van der Waals surface area contributed by atoms with E-state index in [4.69, 9.17) is 14.7 Å². The van der Waals surface area contributed by atoms with E-state index in [1.165, 1.54) is 0 Å². The third-order valence-corrected chi connectivity index (χ3v) is 3.31. The second-order valence-corrected chi connectivity index (χ2v) is 4.13. The molecule has 0 aromatic carbocycles. The van der Waals surface area contributed by atoms with E-state index in [0.717, 1.165) is 25.7 Å². The fourth-order valence-electron chi connectivity index (χ4n) is 2.64. The molecule has 0 N–H and O–H groups in total. The minimum absolute atomic E-state index is 0.0519. The predicted octanol–water partition coefficient (Wildman–Crippen LogP) is 2.08. The van der Waals surface area contributed by atoms with Crippen LogP contribution in [0.5, 0.6) is 0 Å². The number of hydrogen-bond acceptors (Lipinski definition) is 3. The van der Waals surface area contributed by atoms with E-state index >= 15 is 0 Å². The molecule has 0 radical (unpaired) electrons. The van der Waals surface area contributed by atoms with Gasteiger partial charge in [0.1, 0.15) is 0 Å². The molecule has 0 amide bonds. The number of fused-ring (bicyclic) bond motifs is 1. The van der Waals surface area contributed by atoms with E-state index in [0.29, 0.717) is 12.5 Å². The number of hydrogen-bond donors (Lipinski definition) is 0. The van der Waals surface area contributed by atoms with Crippen molar-refractivity contribution >= 4 is 0 Å². The quantitative estimate of drug-likeness (QED) is 0.677. The lowest BCUT2D eigenvalue weighted by atomic mass is 9.78. The lowest BCUT2D eigenvalue weighted by Crippen LogP contribution is -2.27. The van der Waals surface area contributed by atoms with Gasteiger partial charge in [-0.25, -0.2) is 0 Å². The zero-order valence-electron chi connectivity index (χ0n) is 8.61. The lowest BCUT2D eigenvalue weighted by Gasteiger charge is -2.27. The molecule has 1 heterocycles. The van der Waals surface area contributed by atoms with Crippen LogP contribution in [0.15, 0.2) is 0 Å². The monoisotopic (exact) mass is 195 g/mol. The number of rotatable bonds is 2. The first kappa shape index (κ1) is 9.95. The molecule has 4 unspecified atom stereocenters. The Hall–Kier alpha value is -0.590. The van der Waals surface area contributed by atoms with Crippen molar-refractivity contribution in [2.75, 3.05) is 6.61 Å². The van der Waals surface area contributed by atoms with E-state index in [1.807, 2.05) is 6.92 Å². The largest absolute Gasteiger partial charge is 0.353 e. The van der Waals surface area contributed by atoms with Gasteiger partial charge in [0.25, 0.3) is 0 Å². The van der Waals surface area contributed by atoms with Crippen LogP contribution < -0.4 is 0 Å². The summed E-state index contributed by atoms with van der Waals surface area (Å²) in [6.07, 6.45) is 4.41. The van der Waals surface area contributed by atoms with E-state index < -0.39 is 0 Å². The van der Waals surface area contributed by atoms with Gasteiger partial charge in [0.05, 0.1) is 18.1 Å². The minimum Gasteiger partial charge on any atom is -0.353 e. The summed E-state index contributed by atoms with van der Waals surface area (Å²) in [5, 5.41) is 9.01. The highest BCUT2D eigenvalue weighted by atomic mass is 16.7. The summed E-state index contributed by atoms with van der Waals surface area (Å²) >= 11 is 0. The predicted molar refractivity (Wildman–Crippen MR) is 51.3 cm³/mol. The van der Waals surface area contributed by atoms with Gasteiger partial charge in [0.15, 0.2) is 6.29 Å². The van der Waals surface area contributed by atoms with Crippen LogP contribution in [0.2, 0.25) is 0 Å². The highest BCUT2D eigenvalue weighted by molar-refractivity contribution is 4.97. The summed E-state index contributed by atoms with van der Waals surface area (Å²) < 4.78 is 11.2. The number of nitrogens with zero attached hydrogens (tertiary/aromatic N) is 1. The van der Waals surface area contributed by atoms with E-state index in [2.05, 4.69) is 6.07 Å². The van der Waals surface area contributed by atoms with Gasteiger partial charge < -0.3 is 9.47 Å². The molecule has 0 aromatic heterocycles. The van der Waals surface area contributed by atoms with Crippen LogP contribution in [0, 0.1) is 23.2 Å². The molecule has 2 aliphatic rings. The fourth-order valence-corrected chi connectivity index (χ4v) is 2.64. The van der Waals surface area contributed by atoms with Crippen molar-refractivity contribution in [2.24, 2.45) is 11.8 Å². The maximum atomic E-state index is 9.01. The van der Waals surface area contributed by atoms with Crippen molar-refractivity contribution in [1.29, 1.82) is 5.26 Å². The van der Waals surface area contributed by atoms with Gasteiger partial charge in [0.2, 0.25) is 0 Å². The molecule has 0 aromatic rings. The molecule has 1 saturated carbocycles. The highest BCUT2D eigenvalue weighted by Gasteiger charge is 2.42. The molecule has 4 atom stereocenters. The van der Waals surface area contributed by atoms with Crippen molar-refractivity contribution in [3.63, 3.8) is 0 Å². The molecule has 0 spiro atoms. The van der Waals surface area contributed by atoms with Crippen LogP contribution >= 0.6 is 0 Å². The summed E-state index contributed by atoms with van der Waals surface area (Å²) in [7, 11) is 0.